The van der Waals surface area contributed by atoms with Crippen molar-refractivity contribution in [2.75, 3.05) is 12.8 Å². The molecule has 0 radical (unpaired) electrons. The number of nitrogens with zero attached hydrogens (tertiary/aromatic N) is 3. The van der Waals surface area contributed by atoms with Crippen LogP contribution in [-0.2, 0) is 0 Å². The molecule has 0 aliphatic heterocycles. The second-order valence-electron chi connectivity index (χ2n) is 6.76. The van der Waals surface area contributed by atoms with Gasteiger partial charge in [0.1, 0.15) is 34.5 Å². The van der Waals surface area contributed by atoms with E-state index < -0.39 is 0 Å². The van der Waals surface area contributed by atoms with Crippen LogP contribution in [0.3, 0.4) is 0 Å². The van der Waals surface area contributed by atoms with Crippen LogP contribution in [-0.4, -0.2) is 16.7 Å². The number of aromatic nitrogens is 2. The molecule has 0 aliphatic carbocycles. The molecule has 3 heterocycles. The maximum Gasteiger partial charge on any atom is 0.151 e. The third-order valence-corrected chi connectivity index (χ3v) is 5.07. The van der Waals surface area contributed by atoms with Gasteiger partial charge in [0, 0.05) is 10.9 Å². The van der Waals surface area contributed by atoms with Gasteiger partial charge in [-0.25, -0.2) is 4.98 Å². The number of nitrogens with two attached hydrogens (primary N) is 1. The molecule has 0 aliphatic rings. The fraction of sp³-hybridized carbons (Fsp3) is 0.238. The minimum atomic E-state index is 0.348. The molecule has 0 spiro atoms. The summed E-state index contributed by atoms with van der Waals surface area (Å²) in [7, 11) is 1.64. The maximum atomic E-state index is 9.81. The first-order valence-electron chi connectivity index (χ1n) is 8.64. The molecule has 0 fully saturated rings. The molecule has 0 saturated carbocycles. The number of aryl methyl sites for hydroxylation is 3. The molecule has 0 bridgehead atoms. The number of nitriles is 1. The Morgan fingerprint density at radius 2 is 1.96 bits per heavy atom. The zero-order valence-corrected chi connectivity index (χ0v) is 16.0. The van der Waals surface area contributed by atoms with E-state index in [-0.39, 0.29) is 0 Å². The molecule has 2 N–H and O–H groups in total. The highest BCUT2D eigenvalue weighted by molar-refractivity contribution is 6.09. The molecular formula is C21H20N4O2. The van der Waals surface area contributed by atoms with Crippen molar-refractivity contribution in [3.63, 3.8) is 0 Å². The van der Waals surface area contributed by atoms with E-state index >= 15 is 0 Å². The van der Waals surface area contributed by atoms with E-state index in [2.05, 4.69) is 6.07 Å². The van der Waals surface area contributed by atoms with Gasteiger partial charge in [-0.3, -0.25) is 4.57 Å². The Labute approximate surface area is 156 Å². The number of nitrogen functional groups attached to an aromatic ring is 1. The van der Waals surface area contributed by atoms with E-state index in [1.54, 1.807) is 7.11 Å². The highest BCUT2D eigenvalue weighted by Crippen LogP contribution is 2.39. The fourth-order valence-electron chi connectivity index (χ4n) is 3.81. The molecule has 4 aromatic rings. The van der Waals surface area contributed by atoms with Gasteiger partial charge in [0.2, 0.25) is 0 Å². The predicted molar refractivity (Wildman–Crippen MR) is 105 cm³/mol. The normalized spacial score (nSPS) is 11.3. The van der Waals surface area contributed by atoms with E-state index in [0.717, 1.165) is 39.4 Å². The number of furan rings is 1. The summed E-state index contributed by atoms with van der Waals surface area (Å²) in [6, 6.07) is 8.08. The SMILES string of the molecule is COc1ccc(C)c(-n2c(N)c(C#N)c3c4oc(C)cc4c(C)nc32)c1C. The topological polar surface area (TPSA) is 90.0 Å². The van der Waals surface area contributed by atoms with Crippen molar-refractivity contribution in [1.29, 1.82) is 5.26 Å². The third-order valence-electron chi connectivity index (χ3n) is 5.07. The highest BCUT2D eigenvalue weighted by atomic mass is 16.5. The zero-order chi connectivity index (χ0) is 19.5. The van der Waals surface area contributed by atoms with Crippen molar-refractivity contribution < 1.29 is 9.15 Å². The van der Waals surface area contributed by atoms with Crippen LogP contribution in [0.4, 0.5) is 5.82 Å². The number of benzene rings is 1. The zero-order valence-electron chi connectivity index (χ0n) is 16.0. The Morgan fingerprint density at radius 3 is 2.63 bits per heavy atom. The lowest BCUT2D eigenvalue weighted by Crippen LogP contribution is -2.07. The summed E-state index contributed by atoms with van der Waals surface area (Å²) < 4.78 is 13.3. The van der Waals surface area contributed by atoms with Crippen LogP contribution in [0.2, 0.25) is 0 Å². The minimum absolute atomic E-state index is 0.348. The quantitative estimate of drug-likeness (QED) is 0.570. The summed E-state index contributed by atoms with van der Waals surface area (Å²) in [5.74, 6) is 1.87. The first kappa shape index (κ1) is 17.0. The van der Waals surface area contributed by atoms with Gasteiger partial charge in [-0.15, -0.1) is 0 Å². The van der Waals surface area contributed by atoms with E-state index in [9.17, 15) is 5.26 Å². The smallest absolute Gasteiger partial charge is 0.151 e. The molecule has 6 nitrogen and oxygen atoms in total. The maximum absolute atomic E-state index is 9.81. The largest absolute Gasteiger partial charge is 0.496 e. The van der Waals surface area contributed by atoms with Crippen LogP contribution in [0.15, 0.2) is 22.6 Å². The minimum Gasteiger partial charge on any atom is -0.496 e. The number of fused-ring (bicyclic) bond motifs is 3. The monoisotopic (exact) mass is 360 g/mol. The summed E-state index contributed by atoms with van der Waals surface area (Å²) in [4.78, 5) is 4.79. The number of hydrogen-bond acceptors (Lipinski definition) is 5. The van der Waals surface area contributed by atoms with Crippen LogP contribution in [0.5, 0.6) is 5.75 Å². The summed E-state index contributed by atoms with van der Waals surface area (Å²) in [6.45, 7) is 7.79. The lowest BCUT2D eigenvalue weighted by atomic mass is 10.1. The Balaban J connectivity index is 2.25. The number of rotatable bonds is 2. The van der Waals surface area contributed by atoms with E-state index in [1.165, 1.54) is 0 Å². The van der Waals surface area contributed by atoms with Gasteiger partial charge in [0.25, 0.3) is 0 Å². The van der Waals surface area contributed by atoms with Gasteiger partial charge in [0.05, 0.1) is 23.9 Å². The molecule has 1 aromatic carbocycles. The Hall–Kier alpha value is -3.46. The molecule has 4 rings (SSSR count). The van der Waals surface area contributed by atoms with Crippen LogP contribution in [0, 0.1) is 39.0 Å². The summed E-state index contributed by atoms with van der Waals surface area (Å²) in [5, 5.41) is 11.4. The van der Waals surface area contributed by atoms with Crippen molar-refractivity contribution >= 4 is 27.8 Å². The molecule has 0 saturated heterocycles. The fourth-order valence-corrected chi connectivity index (χ4v) is 3.81. The van der Waals surface area contributed by atoms with E-state index in [0.29, 0.717) is 28.0 Å². The van der Waals surface area contributed by atoms with Crippen molar-refractivity contribution in [3.8, 4) is 17.5 Å². The van der Waals surface area contributed by atoms with Crippen molar-refractivity contribution in [2.45, 2.75) is 27.7 Å². The van der Waals surface area contributed by atoms with Crippen molar-refractivity contribution in [2.24, 2.45) is 0 Å². The molecule has 0 amide bonds. The number of ether oxygens (including phenoxy) is 1. The van der Waals surface area contributed by atoms with Gasteiger partial charge in [-0.1, -0.05) is 6.07 Å². The Morgan fingerprint density at radius 1 is 1.22 bits per heavy atom. The van der Waals surface area contributed by atoms with Crippen LogP contribution in [0.25, 0.3) is 27.7 Å². The lowest BCUT2D eigenvalue weighted by molar-refractivity contribution is 0.411. The van der Waals surface area contributed by atoms with Gasteiger partial charge in [-0.05, 0) is 45.4 Å². The molecule has 27 heavy (non-hydrogen) atoms. The van der Waals surface area contributed by atoms with Crippen molar-refractivity contribution in [3.05, 3.63) is 46.3 Å². The summed E-state index contributed by atoms with van der Waals surface area (Å²) in [6.07, 6.45) is 0. The molecule has 3 aromatic heterocycles. The van der Waals surface area contributed by atoms with Crippen molar-refractivity contribution in [1.82, 2.24) is 9.55 Å². The van der Waals surface area contributed by atoms with Crippen LogP contribution in [0.1, 0.15) is 28.1 Å². The first-order valence-corrected chi connectivity index (χ1v) is 8.64. The molecular weight excluding hydrogens is 340 g/mol. The molecule has 0 unspecified atom stereocenters. The average Bonchev–Trinajstić information content (AvgIpc) is 3.14. The first-order chi connectivity index (χ1) is 12.9. The molecule has 136 valence electrons. The second-order valence-corrected chi connectivity index (χ2v) is 6.76. The Bertz CT molecular complexity index is 1270. The number of methoxy groups -OCH3 is 1. The number of anilines is 1. The van der Waals surface area contributed by atoms with Gasteiger partial charge in [-0.2, -0.15) is 5.26 Å². The standard InChI is InChI=1S/C21H20N4O2/c1-10-6-7-16(26-5)12(3)18(10)25-20(23)15(9-22)17-19-14(8-11(2)27-19)13(4)24-21(17)25/h6-8H,23H2,1-5H3. The second kappa shape index (κ2) is 5.78. The van der Waals surface area contributed by atoms with Gasteiger partial charge >= 0.3 is 0 Å². The average molecular weight is 360 g/mol. The highest BCUT2D eigenvalue weighted by Gasteiger charge is 2.25. The van der Waals surface area contributed by atoms with Crippen LogP contribution < -0.4 is 10.5 Å². The molecule has 6 heteroatoms. The lowest BCUT2D eigenvalue weighted by Gasteiger charge is -2.16. The summed E-state index contributed by atoms with van der Waals surface area (Å²) in [5.41, 5.74) is 11.7. The van der Waals surface area contributed by atoms with E-state index in [4.69, 9.17) is 19.9 Å². The van der Waals surface area contributed by atoms with E-state index in [1.807, 2.05) is 50.5 Å². The molecule has 0 atom stereocenters. The number of pyridine rings is 1. The Kier molecular flexibility index (Phi) is 3.63. The summed E-state index contributed by atoms with van der Waals surface area (Å²) >= 11 is 0. The van der Waals surface area contributed by atoms with Gasteiger partial charge < -0.3 is 14.9 Å². The predicted octanol–water partition coefficient (Wildman–Crippen LogP) is 4.47. The third kappa shape index (κ3) is 2.21. The van der Waals surface area contributed by atoms with Crippen LogP contribution >= 0.6 is 0 Å². The number of hydrogen-bond donors (Lipinski definition) is 1. The van der Waals surface area contributed by atoms with Gasteiger partial charge in [0.15, 0.2) is 5.65 Å².